The van der Waals surface area contributed by atoms with Crippen molar-refractivity contribution in [2.24, 2.45) is 0 Å². The molecular formula is C19H21N5OS. The van der Waals surface area contributed by atoms with Crippen LogP contribution < -0.4 is 10.6 Å². The lowest BCUT2D eigenvalue weighted by atomic mass is 10.1. The van der Waals surface area contributed by atoms with Crippen LogP contribution in [-0.2, 0) is 6.42 Å². The fourth-order valence-electron chi connectivity index (χ4n) is 2.47. The van der Waals surface area contributed by atoms with Crippen molar-refractivity contribution in [3.8, 4) is 0 Å². The summed E-state index contributed by atoms with van der Waals surface area (Å²) in [5.41, 5.74) is 3.83. The Bertz CT molecular complexity index is 891. The van der Waals surface area contributed by atoms with Gasteiger partial charge in [-0.3, -0.25) is 0 Å². The Morgan fingerprint density at radius 3 is 2.73 bits per heavy atom. The lowest BCUT2D eigenvalue weighted by Gasteiger charge is -2.07. The molecule has 1 heterocycles. The van der Waals surface area contributed by atoms with Crippen LogP contribution in [0.25, 0.3) is 11.0 Å². The van der Waals surface area contributed by atoms with Gasteiger partial charge >= 0.3 is 6.03 Å². The molecule has 0 unspecified atom stereocenters. The highest BCUT2D eigenvalue weighted by Gasteiger charge is 2.10. The van der Waals surface area contributed by atoms with Crippen molar-refractivity contribution in [3.05, 3.63) is 71.3 Å². The molecule has 3 aromatic rings. The minimum absolute atomic E-state index is 0.263. The molecule has 2 aromatic carbocycles. The summed E-state index contributed by atoms with van der Waals surface area (Å²) in [4.78, 5) is 12.2. The number of rotatable bonds is 7. The van der Waals surface area contributed by atoms with Gasteiger partial charge in [-0.05, 0) is 23.1 Å². The molecule has 26 heavy (non-hydrogen) atoms. The van der Waals surface area contributed by atoms with Gasteiger partial charge in [-0.25, -0.2) is 4.79 Å². The SMILES string of the molecule is CN/C(=C\SCCNC(=O)n1nnc2ccccc21)Cc1ccccc1. The maximum Gasteiger partial charge on any atom is 0.344 e. The zero-order valence-electron chi connectivity index (χ0n) is 14.6. The molecule has 0 saturated carbocycles. The first kappa shape index (κ1) is 18.0. The molecule has 1 amide bonds. The van der Waals surface area contributed by atoms with Gasteiger partial charge in [-0.15, -0.1) is 16.9 Å². The summed E-state index contributed by atoms with van der Waals surface area (Å²) >= 11 is 1.66. The quantitative estimate of drug-likeness (QED) is 0.628. The topological polar surface area (TPSA) is 71.8 Å². The van der Waals surface area contributed by atoms with Crippen molar-refractivity contribution in [1.29, 1.82) is 0 Å². The summed E-state index contributed by atoms with van der Waals surface area (Å²) in [7, 11) is 1.92. The average Bonchev–Trinajstić information content (AvgIpc) is 3.11. The van der Waals surface area contributed by atoms with Crippen LogP contribution in [0.15, 0.2) is 65.7 Å². The molecule has 7 heteroatoms. The number of amides is 1. The highest BCUT2D eigenvalue weighted by atomic mass is 32.2. The van der Waals surface area contributed by atoms with E-state index in [-0.39, 0.29) is 6.03 Å². The fourth-order valence-corrected chi connectivity index (χ4v) is 3.22. The number of benzene rings is 2. The lowest BCUT2D eigenvalue weighted by Crippen LogP contribution is -2.31. The van der Waals surface area contributed by atoms with Gasteiger partial charge in [0.1, 0.15) is 5.52 Å². The molecule has 2 N–H and O–H groups in total. The number of thioether (sulfide) groups is 1. The zero-order chi connectivity index (χ0) is 18.2. The van der Waals surface area contributed by atoms with Crippen LogP contribution in [0, 0.1) is 0 Å². The Balaban J connectivity index is 1.46. The first-order chi connectivity index (χ1) is 12.8. The Hall–Kier alpha value is -2.80. The number of likely N-dealkylation sites (N-methyl/N-ethyl adjacent to an activating group) is 1. The maximum atomic E-state index is 12.2. The molecule has 0 atom stereocenters. The molecule has 3 rings (SSSR count). The van der Waals surface area contributed by atoms with Gasteiger partial charge in [-0.2, -0.15) is 4.68 Å². The van der Waals surface area contributed by atoms with Gasteiger partial charge in [0.2, 0.25) is 0 Å². The van der Waals surface area contributed by atoms with E-state index in [1.807, 2.05) is 49.5 Å². The number of nitrogens with one attached hydrogen (secondary N) is 2. The molecule has 0 fully saturated rings. The van der Waals surface area contributed by atoms with Gasteiger partial charge in [0.25, 0.3) is 0 Å². The summed E-state index contributed by atoms with van der Waals surface area (Å²) in [6, 6.07) is 17.5. The van der Waals surface area contributed by atoms with Crippen LogP contribution in [0.5, 0.6) is 0 Å². The third-order valence-electron chi connectivity index (χ3n) is 3.82. The predicted molar refractivity (Wildman–Crippen MR) is 106 cm³/mol. The number of hydrogen-bond acceptors (Lipinski definition) is 5. The average molecular weight is 367 g/mol. The summed E-state index contributed by atoms with van der Waals surface area (Å²) in [5.74, 6) is 0.776. The van der Waals surface area contributed by atoms with E-state index in [0.717, 1.165) is 17.9 Å². The number of carbonyl (C=O) groups excluding carboxylic acids is 1. The first-order valence-corrected chi connectivity index (χ1v) is 9.44. The zero-order valence-corrected chi connectivity index (χ0v) is 15.4. The van der Waals surface area contributed by atoms with E-state index in [9.17, 15) is 4.79 Å². The van der Waals surface area contributed by atoms with E-state index in [4.69, 9.17) is 0 Å². The number of aromatic nitrogens is 3. The maximum absolute atomic E-state index is 12.2. The molecule has 0 aliphatic heterocycles. The van der Waals surface area contributed by atoms with Crippen molar-refractivity contribution in [3.63, 3.8) is 0 Å². The van der Waals surface area contributed by atoms with E-state index in [2.05, 4.69) is 38.5 Å². The van der Waals surface area contributed by atoms with Gasteiger partial charge in [0, 0.05) is 31.5 Å². The smallest absolute Gasteiger partial charge is 0.344 e. The first-order valence-electron chi connectivity index (χ1n) is 8.39. The molecule has 0 radical (unpaired) electrons. The summed E-state index contributed by atoms with van der Waals surface area (Å²) in [6.45, 7) is 0.552. The largest absolute Gasteiger partial charge is 0.391 e. The van der Waals surface area contributed by atoms with Gasteiger partial charge in [0.15, 0.2) is 0 Å². The number of fused-ring (bicyclic) bond motifs is 1. The van der Waals surface area contributed by atoms with Crippen molar-refractivity contribution in [1.82, 2.24) is 25.6 Å². The minimum atomic E-state index is -0.263. The van der Waals surface area contributed by atoms with Crippen LogP contribution in [0.1, 0.15) is 5.56 Å². The van der Waals surface area contributed by atoms with E-state index in [1.54, 1.807) is 11.8 Å². The normalized spacial score (nSPS) is 11.5. The molecule has 0 aliphatic carbocycles. The highest BCUT2D eigenvalue weighted by Crippen LogP contribution is 2.11. The predicted octanol–water partition coefficient (Wildman–Crippen LogP) is 3.03. The van der Waals surface area contributed by atoms with Crippen molar-refractivity contribution < 1.29 is 4.79 Å². The molecule has 1 aromatic heterocycles. The Labute approximate surface area is 156 Å². The molecule has 134 valence electrons. The second kappa shape index (κ2) is 9.05. The molecule has 0 saturated heterocycles. The van der Waals surface area contributed by atoms with Crippen LogP contribution in [-0.4, -0.2) is 40.4 Å². The lowest BCUT2D eigenvalue weighted by molar-refractivity contribution is 0.240. The van der Waals surface area contributed by atoms with Crippen LogP contribution in [0.3, 0.4) is 0 Å². The van der Waals surface area contributed by atoms with E-state index >= 15 is 0 Å². The van der Waals surface area contributed by atoms with Crippen LogP contribution in [0.4, 0.5) is 4.79 Å². The van der Waals surface area contributed by atoms with Crippen molar-refractivity contribution in [2.45, 2.75) is 6.42 Å². The monoisotopic (exact) mass is 367 g/mol. The number of allylic oxidation sites excluding steroid dienone is 1. The minimum Gasteiger partial charge on any atom is -0.391 e. The Kier molecular flexibility index (Phi) is 6.27. The van der Waals surface area contributed by atoms with Gasteiger partial charge in [-0.1, -0.05) is 47.7 Å². The molecule has 0 spiro atoms. The van der Waals surface area contributed by atoms with Crippen molar-refractivity contribution >= 4 is 28.8 Å². The second-order valence-corrected chi connectivity index (χ2v) is 6.63. The van der Waals surface area contributed by atoms with E-state index in [1.165, 1.54) is 10.2 Å². The van der Waals surface area contributed by atoms with Crippen LogP contribution in [0.2, 0.25) is 0 Å². The van der Waals surface area contributed by atoms with Gasteiger partial charge in [0.05, 0.1) is 5.52 Å². The standard InChI is InChI=1S/C19H21N5OS/c1-20-16(13-15-7-3-2-4-8-15)14-26-12-11-21-19(25)24-18-10-6-5-9-17(18)22-23-24/h2-10,14,20H,11-13H2,1H3,(H,21,25)/b16-14-. The summed E-state index contributed by atoms with van der Waals surface area (Å²) < 4.78 is 1.30. The number of nitrogens with zero attached hydrogens (tertiary/aromatic N) is 3. The van der Waals surface area contributed by atoms with E-state index in [0.29, 0.717) is 17.6 Å². The number of carbonyl (C=O) groups is 1. The third-order valence-corrected chi connectivity index (χ3v) is 4.72. The Morgan fingerprint density at radius 2 is 1.92 bits per heavy atom. The number of para-hydroxylation sites is 1. The van der Waals surface area contributed by atoms with E-state index < -0.39 is 0 Å². The Morgan fingerprint density at radius 1 is 1.15 bits per heavy atom. The van der Waals surface area contributed by atoms with Crippen LogP contribution >= 0.6 is 11.8 Å². The fraction of sp³-hybridized carbons (Fsp3) is 0.211. The summed E-state index contributed by atoms with van der Waals surface area (Å²) in [5, 5.41) is 16.1. The second-order valence-electron chi connectivity index (χ2n) is 5.65. The molecule has 6 nitrogen and oxygen atoms in total. The molecular weight excluding hydrogens is 346 g/mol. The molecule has 0 aliphatic rings. The highest BCUT2D eigenvalue weighted by molar-refractivity contribution is 8.02. The third kappa shape index (κ3) is 4.64. The van der Waals surface area contributed by atoms with Crippen molar-refractivity contribution in [2.75, 3.05) is 19.3 Å². The summed E-state index contributed by atoms with van der Waals surface area (Å²) in [6.07, 6.45) is 0.863. The number of hydrogen-bond donors (Lipinski definition) is 2. The van der Waals surface area contributed by atoms with Gasteiger partial charge < -0.3 is 10.6 Å². The molecule has 0 bridgehead atoms.